The van der Waals surface area contributed by atoms with E-state index < -0.39 is 0 Å². The van der Waals surface area contributed by atoms with Crippen LogP contribution in [0.25, 0.3) is 0 Å². The Morgan fingerprint density at radius 3 is 1.94 bits per heavy atom. The highest BCUT2D eigenvalue weighted by Crippen LogP contribution is 2.45. The maximum atomic E-state index is 12.8. The predicted octanol–water partition coefficient (Wildman–Crippen LogP) is 6.38. The Morgan fingerprint density at radius 2 is 1.44 bits per heavy atom. The fraction of sp³-hybridized carbons (Fsp3) is 0.926. The Bertz CT molecular complexity index is 572. The maximum Gasteiger partial charge on any atom is 0.309 e. The van der Waals surface area contributed by atoms with Gasteiger partial charge in [-0.2, -0.15) is 0 Å². The molecule has 0 radical (unpaired) electrons. The van der Waals surface area contributed by atoms with Crippen molar-refractivity contribution in [3.05, 3.63) is 0 Å². The van der Waals surface area contributed by atoms with E-state index in [1.54, 1.807) is 0 Å². The van der Waals surface area contributed by atoms with Crippen molar-refractivity contribution in [2.24, 2.45) is 17.3 Å². The summed E-state index contributed by atoms with van der Waals surface area (Å²) in [6.45, 7) is 19.3. The van der Waals surface area contributed by atoms with Crippen LogP contribution in [0.2, 0.25) is 0 Å². The van der Waals surface area contributed by atoms with E-state index in [0.717, 1.165) is 64.3 Å². The van der Waals surface area contributed by atoms with Crippen LogP contribution in [-0.4, -0.2) is 48.2 Å². The van der Waals surface area contributed by atoms with Gasteiger partial charge in [0, 0.05) is 24.0 Å². The number of carbonyl (C=O) groups is 2. The molecule has 1 saturated heterocycles. The number of rotatable bonds is 14. The SMILES string of the molecule is CCCCC(CC)C(=O)OCCN1CCC(OC(=O)C(CC)CCCC)C(C)(C)C1(C)C. The van der Waals surface area contributed by atoms with Crippen LogP contribution in [-0.2, 0) is 19.1 Å². The molecule has 32 heavy (non-hydrogen) atoms. The zero-order valence-corrected chi connectivity index (χ0v) is 22.3. The Balaban J connectivity index is 2.68. The van der Waals surface area contributed by atoms with Gasteiger partial charge in [0.05, 0.1) is 11.8 Å². The predicted molar refractivity (Wildman–Crippen MR) is 132 cm³/mol. The van der Waals surface area contributed by atoms with Crippen molar-refractivity contribution in [2.45, 2.75) is 125 Å². The molecule has 5 heteroatoms. The minimum atomic E-state index is -0.207. The third-order valence-electron chi connectivity index (χ3n) is 8.16. The van der Waals surface area contributed by atoms with E-state index in [1.807, 2.05) is 0 Å². The summed E-state index contributed by atoms with van der Waals surface area (Å²) in [4.78, 5) is 27.7. The molecule has 0 bridgehead atoms. The van der Waals surface area contributed by atoms with E-state index in [1.165, 1.54) is 0 Å². The van der Waals surface area contributed by atoms with Gasteiger partial charge in [-0.15, -0.1) is 0 Å². The molecule has 1 aliphatic rings. The number of carbonyl (C=O) groups excluding carboxylic acids is 2. The van der Waals surface area contributed by atoms with E-state index >= 15 is 0 Å². The molecule has 1 rings (SSSR count). The summed E-state index contributed by atoms with van der Waals surface area (Å²) < 4.78 is 11.8. The van der Waals surface area contributed by atoms with Crippen LogP contribution in [0, 0.1) is 17.3 Å². The lowest BCUT2D eigenvalue weighted by Gasteiger charge is -2.56. The van der Waals surface area contributed by atoms with Gasteiger partial charge in [0.1, 0.15) is 12.7 Å². The summed E-state index contributed by atoms with van der Waals surface area (Å²) in [5.41, 5.74) is -0.388. The average molecular weight is 454 g/mol. The monoisotopic (exact) mass is 453 g/mol. The van der Waals surface area contributed by atoms with Crippen molar-refractivity contribution in [2.75, 3.05) is 19.7 Å². The average Bonchev–Trinajstić information content (AvgIpc) is 2.74. The second-order valence-corrected chi connectivity index (χ2v) is 10.6. The Morgan fingerprint density at radius 1 is 0.906 bits per heavy atom. The lowest BCUT2D eigenvalue weighted by molar-refractivity contribution is -0.180. The van der Waals surface area contributed by atoms with Gasteiger partial charge in [0.25, 0.3) is 0 Å². The highest BCUT2D eigenvalue weighted by molar-refractivity contribution is 5.73. The molecule has 1 fully saturated rings. The standard InChI is InChI=1S/C27H51NO4/c1-9-13-15-21(11-3)24(29)31-20-19-28-18-17-23(26(5,6)27(28,7)8)32-25(30)22(12-4)16-14-10-2/h21-23H,9-20H2,1-8H3. The molecule has 1 aliphatic heterocycles. The van der Waals surface area contributed by atoms with E-state index in [4.69, 9.17) is 9.47 Å². The Hall–Kier alpha value is -1.10. The summed E-state index contributed by atoms with van der Waals surface area (Å²) in [5.74, 6) is -0.0660. The minimum Gasteiger partial charge on any atom is -0.464 e. The van der Waals surface area contributed by atoms with E-state index in [2.05, 4.69) is 60.3 Å². The van der Waals surface area contributed by atoms with Crippen LogP contribution in [0.3, 0.4) is 0 Å². The molecule has 0 saturated carbocycles. The summed E-state index contributed by atoms with van der Waals surface area (Å²) in [6, 6.07) is 0. The quantitative estimate of drug-likeness (QED) is 0.285. The second-order valence-electron chi connectivity index (χ2n) is 10.6. The molecular weight excluding hydrogens is 402 g/mol. The number of ether oxygens (including phenoxy) is 2. The lowest BCUT2D eigenvalue weighted by atomic mass is 9.66. The molecular formula is C27H51NO4. The van der Waals surface area contributed by atoms with Crippen molar-refractivity contribution >= 4 is 11.9 Å². The van der Waals surface area contributed by atoms with Gasteiger partial charge in [0.2, 0.25) is 0 Å². The largest absolute Gasteiger partial charge is 0.464 e. The number of hydrogen-bond donors (Lipinski definition) is 0. The van der Waals surface area contributed by atoms with Crippen molar-refractivity contribution in [3.8, 4) is 0 Å². The zero-order valence-electron chi connectivity index (χ0n) is 22.3. The Labute approximate surface area is 198 Å². The fourth-order valence-electron chi connectivity index (χ4n) is 4.80. The van der Waals surface area contributed by atoms with Gasteiger partial charge < -0.3 is 9.47 Å². The maximum absolute atomic E-state index is 12.8. The number of nitrogens with zero attached hydrogens (tertiary/aromatic N) is 1. The molecule has 0 aromatic carbocycles. The smallest absolute Gasteiger partial charge is 0.309 e. The van der Waals surface area contributed by atoms with Gasteiger partial charge in [-0.25, -0.2) is 0 Å². The van der Waals surface area contributed by atoms with E-state index in [9.17, 15) is 9.59 Å². The number of piperidine rings is 1. The molecule has 0 aliphatic carbocycles. The van der Waals surface area contributed by atoms with Crippen molar-refractivity contribution < 1.29 is 19.1 Å². The van der Waals surface area contributed by atoms with E-state index in [-0.39, 0.29) is 40.8 Å². The molecule has 188 valence electrons. The number of likely N-dealkylation sites (tertiary alicyclic amines) is 1. The molecule has 3 unspecified atom stereocenters. The third kappa shape index (κ3) is 7.46. The van der Waals surface area contributed by atoms with Crippen LogP contribution >= 0.6 is 0 Å². The van der Waals surface area contributed by atoms with Crippen molar-refractivity contribution in [1.82, 2.24) is 4.90 Å². The van der Waals surface area contributed by atoms with Crippen LogP contribution in [0.5, 0.6) is 0 Å². The molecule has 0 aromatic rings. The first kappa shape index (κ1) is 28.9. The molecule has 3 atom stereocenters. The molecule has 0 spiro atoms. The molecule has 1 heterocycles. The molecule has 0 amide bonds. The second kappa shape index (κ2) is 13.6. The van der Waals surface area contributed by atoms with Crippen LogP contribution in [0.1, 0.15) is 113 Å². The van der Waals surface area contributed by atoms with Crippen molar-refractivity contribution in [1.29, 1.82) is 0 Å². The first-order valence-electron chi connectivity index (χ1n) is 13.2. The summed E-state index contributed by atoms with van der Waals surface area (Å²) in [5, 5.41) is 0. The summed E-state index contributed by atoms with van der Waals surface area (Å²) >= 11 is 0. The van der Waals surface area contributed by atoms with Crippen LogP contribution < -0.4 is 0 Å². The van der Waals surface area contributed by atoms with Gasteiger partial charge >= 0.3 is 11.9 Å². The topological polar surface area (TPSA) is 55.8 Å². The molecule has 0 N–H and O–H groups in total. The van der Waals surface area contributed by atoms with Crippen molar-refractivity contribution in [3.63, 3.8) is 0 Å². The van der Waals surface area contributed by atoms with E-state index in [0.29, 0.717) is 13.2 Å². The third-order valence-corrected chi connectivity index (χ3v) is 8.16. The first-order chi connectivity index (χ1) is 15.1. The molecule has 0 aromatic heterocycles. The number of unbranched alkanes of at least 4 members (excludes halogenated alkanes) is 2. The summed E-state index contributed by atoms with van der Waals surface area (Å²) in [6.07, 6.45) is 8.55. The highest BCUT2D eigenvalue weighted by Gasteiger charge is 2.51. The minimum absolute atomic E-state index is 0.00511. The van der Waals surface area contributed by atoms with Gasteiger partial charge in [-0.3, -0.25) is 14.5 Å². The number of hydrogen-bond acceptors (Lipinski definition) is 5. The van der Waals surface area contributed by atoms with Gasteiger partial charge in [0.15, 0.2) is 0 Å². The summed E-state index contributed by atoms with van der Waals surface area (Å²) in [7, 11) is 0. The van der Waals surface area contributed by atoms with Gasteiger partial charge in [-0.05, 0) is 46.0 Å². The van der Waals surface area contributed by atoms with Gasteiger partial charge in [-0.1, -0.05) is 67.2 Å². The highest BCUT2D eigenvalue weighted by atomic mass is 16.5. The normalized spacial score (nSPS) is 22.2. The zero-order chi connectivity index (χ0) is 24.4. The molecule has 5 nitrogen and oxygen atoms in total. The lowest BCUT2D eigenvalue weighted by Crippen LogP contribution is -2.64. The fourth-order valence-corrected chi connectivity index (χ4v) is 4.80. The van der Waals surface area contributed by atoms with Crippen LogP contribution in [0.15, 0.2) is 0 Å². The number of esters is 2. The first-order valence-corrected chi connectivity index (χ1v) is 13.2. The Kier molecular flexibility index (Phi) is 12.3. The van der Waals surface area contributed by atoms with Crippen LogP contribution in [0.4, 0.5) is 0 Å².